The highest BCUT2D eigenvalue weighted by Crippen LogP contribution is 2.39. The van der Waals surface area contributed by atoms with Gasteiger partial charge < -0.3 is 14.8 Å². The van der Waals surface area contributed by atoms with Crippen molar-refractivity contribution in [2.24, 2.45) is 0 Å². The van der Waals surface area contributed by atoms with Crippen LogP contribution >= 0.6 is 11.6 Å². The minimum atomic E-state index is -0.596. The Hall–Kier alpha value is -3.84. The zero-order valence-electron chi connectivity index (χ0n) is 17.9. The molecule has 1 aliphatic rings. The average Bonchev–Trinajstić information content (AvgIpc) is 3.04. The molecule has 8 heteroatoms. The zero-order valence-corrected chi connectivity index (χ0v) is 18.7. The molecule has 3 aromatic carbocycles. The van der Waals surface area contributed by atoms with E-state index in [2.05, 4.69) is 5.32 Å². The Labute approximate surface area is 195 Å². The third-order valence-electron chi connectivity index (χ3n) is 5.01. The Morgan fingerprint density at radius 2 is 1.76 bits per heavy atom. The lowest BCUT2D eigenvalue weighted by molar-refractivity contribution is -0.120. The lowest BCUT2D eigenvalue weighted by Gasteiger charge is -2.18. The van der Waals surface area contributed by atoms with Gasteiger partial charge in [0.05, 0.1) is 25.0 Å². The maximum atomic E-state index is 13.6. The minimum absolute atomic E-state index is 0.0438. The predicted molar refractivity (Wildman–Crippen MR) is 125 cm³/mol. The van der Waals surface area contributed by atoms with Gasteiger partial charge in [0, 0.05) is 16.8 Å². The Kier molecular flexibility index (Phi) is 6.33. The van der Waals surface area contributed by atoms with Gasteiger partial charge in [0.1, 0.15) is 23.0 Å². The number of hydrogen-bond donors (Lipinski definition) is 1. The number of hydrogen-bond acceptors (Lipinski definition) is 5. The van der Waals surface area contributed by atoms with Crippen molar-refractivity contribution < 1.29 is 23.5 Å². The van der Waals surface area contributed by atoms with E-state index >= 15 is 0 Å². The van der Waals surface area contributed by atoms with E-state index < -0.39 is 17.6 Å². The molecule has 0 aromatic heterocycles. The van der Waals surface area contributed by atoms with Gasteiger partial charge in [-0.2, -0.15) is 0 Å². The second-order valence-corrected chi connectivity index (χ2v) is 7.54. The summed E-state index contributed by atoms with van der Waals surface area (Å²) in [6.45, 7) is 2.34. The first-order valence-electron chi connectivity index (χ1n) is 10.2. The van der Waals surface area contributed by atoms with Crippen LogP contribution in [-0.4, -0.2) is 25.5 Å². The van der Waals surface area contributed by atoms with Crippen molar-refractivity contribution in [3.05, 3.63) is 88.8 Å². The molecule has 1 aliphatic heterocycles. The number of amides is 2. The summed E-state index contributed by atoms with van der Waals surface area (Å²) in [5, 5.41) is 3.39. The van der Waals surface area contributed by atoms with Gasteiger partial charge in [-0.05, 0) is 55.0 Å². The molecule has 1 heterocycles. The van der Waals surface area contributed by atoms with Crippen LogP contribution in [0.4, 0.5) is 15.8 Å². The average molecular weight is 467 g/mol. The first-order valence-corrected chi connectivity index (χ1v) is 10.5. The van der Waals surface area contributed by atoms with Crippen LogP contribution in [0, 0.1) is 5.82 Å². The van der Waals surface area contributed by atoms with E-state index in [1.165, 1.54) is 37.4 Å². The second kappa shape index (κ2) is 9.34. The zero-order chi connectivity index (χ0) is 23.5. The van der Waals surface area contributed by atoms with Crippen LogP contribution in [0.1, 0.15) is 12.5 Å². The lowest BCUT2D eigenvalue weighted by Crippen LogP contribution is -2.32. The molecule has 4 rings (SSSR count). The van der Waals surface area contributed by atoms with E-state index in [0.29, 0.717) is 34.4 Å². The van der Waals surface area contributed by atoms with E-state index in [9.17, 15) is 14.0 Å². The molecule has 3 aromatic rings. The highest BCUT2D eigenvalue weighted by atomic mass is 35.5. The van der Waals surface area contributed by atoms with Gasteiger partial charge in [-0.1, -0.05) is 29.8 Å². The highest BCUT2D eigenvalue weighted by molar-refractivity contribution is 6.46. The summed E-state index contributed by atoms with van der Waals surface area (Å²) < 4.78 is 24.4. The quantitative estimate of drug-likeness (QED) is 0.480. The maximum absolute atomic E-state index is 13.6. The molecule has 168 valence electrons. The summed E-state index contributed by atoms with van der Waals surface area (Å²) in [4.78, 5) is 28.1. The van der Waals surface area contributed by atoms with Crippen molar-refractivity contribution in [2.75, 3.05) is 23.9 Å². The number of methoxy groups -OCH3 is 1. The molecule has 0 aliphatic carbocycles. The van der Waals surface area contributed by atoms with Crippen molar-refractivity contribution in [3.8, 4) is 11.5 Å². The first-order chi connectivity index (χ1) is 15.9. The van der Waals surface area contributed by atoms with Crippen LogP contribution in [-0.2, 0) is 9.59 Å². The van der Waals surface area contributed by atoms with E-state index in [1.807, 2.05) is 6.92 Å². The van der Waals surface area contributed by atoms with E-state index in [-0.39, 0.29) is 17.0 Å². The number of carbonyl (C=O) groups excluding carboxylic acids is 2. The number of nitrogens with zero attached hydrogens (tertiary/aromatic N) is 1. The maximum Gasteiger partial charge on any atom is 0.282 e. The first kappa shape index (κ1) is 22.4. The van der Waals surface area contributed by atoms with Gasteiger partial charge in [-0.15, -0.1) is 0 Å². The Bertz CT molecular complexity index is 1260. The number of anilines is 2. The summed E-state index contributed by atoms with van der Waals surface area (Å²) >= 11 is 6.14. The number of halogens is 2. The topological polar surface area (TPSA) is 67.9 Å². The lowest BCUT2D eigenvalue weighted by atomic mass is 10.0. The smallest absolute Gasteiger partial charge is 0.282 e. The van der Waals surface area contributed by atoms with Crippen LogP contribution in [0.15, 0.2) is 72.4 Å². The Morgan fingerprint density at radius 1 is 1.00 bits per heavy atom. The number of benzene rings is 3. The molecule has 1 N–H and O–H groups in total. The van der Waals surface area contributed by atoms with Crippen LogP contribution in [0.5, 0.6) is 11.5 Å². The van der Waals surface area contributed by atoms with Crippen LogP contribution in [0.3, 0.4) is 0 Å². The van der Waals surface area contributed by atoms with Gasteiger partial charge in [0.2, 0.25) is 0 Å². The van der Waals surface area contributed by atoms with Crippen molar-refractivity contribution in [3.63, 3.8) is 0 Å². The number of rotatable bonds is 7. The standard InChI is InChI=1S/C25H20ClFN2O4/c1-3-33-19-6-4-5-18(14-19)28-23-22(15-7-10-17(27)11-8-15)24(30)29(25(23)31)20-13-16(26)9-12-21(20)32-2/h4-14,28H,3H2,1-2H3. The summed E-state index contributed by atoms with van der Waals surface area (Å²) in [5.41, 5.74) is 1.30. The van der Waals surface area contributed by atoms with E-state index in [1.54, 1.807) is 36.4 Å². The van der Waals surface area contributed by atoms with Gasteiger partial charge in [-0.3, -0.25) is 9.59 Å². The van der Waals surface area contributed by atoms with Gasteiger partial charge in [-0.25, -0.2) is 9.29 Å². The predicted octanol–water partition coefficient (Wildman–Crippen LogP) is 5.28. The second-order valence-electron chi connectivity index (χ2n) is 7.10. The molecule has 33 heavy (non-hydrogen) atoms. The Balaban J connectivity index is 1.83. The summed E-state index contributed by atoms with van der Waals surface area (Å²) in [7, 11) is 1.43. The molecule has 0 bridgehead atoms. The minimum Gasteiger partial charge on any atom is -0.495 e. The molecule has 0 spiro atoms. The molecule has 0 atom stereocenters. The molecule has 6 nitrogen and oxygen atoms in total. The number of imide groups is 1. The molecule has 0 saturated carbocycles. The number of nitrogens with one attached hydrogen (secondary N) is 1. The van der Waals surface area contributed by atoms with Crippen molar-refractivity contribution in [1.29, 1.82) is 0 Å². The Morgan fingerprint density at radius 3 is 2.45 bits per heavy atom. The number of carbonyl (C=O) groups is 2. The van der Waals surface area contributed by atoms with E-state index in [0.717, 1.165) is 4.90 Å². The SMILES string of the molecule is CCOc1cccc(NC2=C(c3ccc(F)cc3)C(=O)N(c3cc(Cl)ccc3OC)C2=O)c1. The molecule has 0 fully saturated rings. The third-order valence-corrected chi connectivity index (χ3v) is 5.25. The summed E-state index contributed by atoms with van der Waals surface area (Å²) in [6, 6.07) is 17.0. The summed E-state index contributed by atoms with van der Waals surface area (Å²) in [5.74, 6) is -0.725. The molecular weight excluding hydrogens is 447 g/mol. The monoisotopic (exact) mass is 466 g/mol. The van der Waals surface area contributed by atoms with Crippen LogP contribution < -0.4 is 19.7 Å². The van der Waals surface area contributed by atoms with Crippen LogP contribution in [0.25, 0.3) is 5.57 Å². The molecular formula is C25H20ClFN2O4. The van der Waals surface area contributed by atoms with E-state index in [4.69, 9.17) is 21.1 Å². The third kappa shape index (κ3) is 4.40. The normalized spacial score (nSPS) is 13.5. The largest absolute Gasteiger partial charge is 0.495 e. The fourth-order valence-electron chi connectivity index (χ4n) is 3.56. The van der Waals surface area contributed by atoms with Gasteiger partial charge >= 0.3 is 0 Å². The molecule has 0 saturated heterocycles. The van der Waals surface area contributed by atoms with Crippen LogP contribution in [0.2, 0.25) is 5.02 Å². The highest BCUT2D eigenvalue weighted by Gasteiger charge is 2.41. The fourth-order valence-corrected chi connectivity index (χ4v) is 3.73. The number of ether oxygens (including phenoxy) is 2. The molecule has 0 unspecified atom stereocenters. The molecule has 0 radical (unpaired) electrons. The molecule has 2 amide bonds. The summed E-state index contributed by atoms with van der Waals surface area (Å²) in [6.07, 6.45) is 0. The van der Waals surface area contributed by atoms with Crippen molar-refractivity contribution >= 4 is 40.4 Å². The van der Waals surface area contributed by atoms with Gasteiger partial charge in [0.25, 0.3) is 11.8 Å². The van der Waals surface area contributed by atoms with Gasteiger partial charge in [0.15, 0.2) is 0 Å². The van der Waals surface area contributed by atoms with Crippen molar-refractivity contribution in [1.82, 2.24) is 0 Å². The fraction of sp³-hybridized carbons (Fsp3) is 0.120. The van der Waals surface area contributed by atoms with Crippen molar-refractivity contribution in [2.45, 2.75) is 6.92 Å².